The number of halogens is 1. The van der Waals surface area contributed by atoms with E-state index in [1.54, 1.807) is 6.20 Å². The van der Waals surface area contributed by atoms with Crippen LogP contribution in [0, 0.1) is 0 Å². The molecular formula is C12H9ClN4. The maximum absolute atomic E-state index is 5.87. The van der Waals surface area contributed by atoms with Crippen LogP contribution < -0.4 is 5.73 Å². The molecule has 0 atom stereocenters. The van der Waals surface area contributed by atoms with Crippen molar-refractivity contribution in [3.8, 4) is 11.1 Å². The summed E-state index contributed by atoms with van der Waals surface area (Å²) in [6, 6.07) is 9.65. The largest absolute Gasteiger partial charge is 0.382 e. The van der Waals surface area contributed by atoms with E-state index in [2.05, 4.69) is 15.2 Å². The number of nitrogens with two attached hydrogens (primary N) is 1. The van der Waals surface area contributed by atoms with Crippen molar-refractivity contribution in [2.24, 2.45) is 0 Å². The summed E-state index contributed by atoms with van der Waals surface area (Å²) >= 11 is 5.87. The zero-order valence-electron chi connectivity index (χ0n) is 8.81. The quantitative estimate of drug-likeness (QED) is 0.647. The number of hydrogen-bond acceptors (Lipinski definition) is 3. The van der Waals surface area contributed by atoms with Crippen LogP contribution in [0.25, 0.3) is 22.0 Å². The number of anilines is 1. The molecule has 84 valence electrons. The SMILES string of the molecule is Nc1n[nH]c2ccc(-c3ccnc(Cl)c3)cc12. The number of nitrogens with zero attached hydrogens (tertiary/aromatic N) is 2. The highest BCUT2D eigenvalue weighted by Gasteiger charge is 2.05. The van der Waals surface area contributed by atoms with E-state index < -0.39 is 0 Å². The molecule has 0 unspecified atom stereocenters. The van der Waals surface area contributed by atoms with Gasteiger partial charge in [0.2, 0.25) is 0 Å². The van der Waals surface area contributed by atoms with Crippen molar-refractivity contribution in [3.63, 3.8) is 0 Å². The van der Waals surface area contributed by atoms with Gasteiger partial charge in [-0.2, -0.15) is 5.10 Å². The van der Waals surface area contributed by atoms with E-state index in [4.69, 9.17) is 17.3 Å². The van der Waals surface area contributed by atoms with Gasteiger partial charge in [-0.25, -0.2) is 4.98 Å². The Morgan fingerprint density at radius 2 is 1.94 bits per heavy atom. The Hall–Kier alpha value is -2.07. The van der Waals surface area contributed by atoms with E-state index in [9.17, 15) is 0 Å². The lowest BCUT2D eigenvalue weighted by Gasteiger charge is -2.02. The number of hydrogen-bond donors (Lipinski definition) is 2. The molecule has 0 saturated heterocycles. The van der Waals surface area contributed by atoms with E-state index in [1.807, 2.05) is 30.3 Å². The van der Waals surface area contributed by atoms with E-state index >= 15 is 0 Å². The van der Waals surface area contributed by atoms with Gasteiger partial charge in [0.1, 0.15) is 5.15 Å². The third kappa shape index (κ3) is 1.72. The molecule has 1 aromatic carbocycles. The monoisotopic (exact) mass is 244 g/mol. The second-order valence-corrected chi connectivity index (χ2v) is 4.12. The summed E-state index contributed by atoms with van der Waals surface area (Å²) in [4.78, 5) is 3.96. The van der Waals surface area contributed by atoms with Crippen molar-refractivity contribution >= 4 is 28.3 Å². The molecular weight excluding hydrogens is 236 g/mol. The molecule has 3 aromatic rings. The number of H-pyrrole nitrogens is 1. The average molecular weight is 245 g/mol. The van der Waals surface area contributed by atoms with Crippen LogP contribution in [0.1, 0.15) is 0 Å². The van der Waals surface area contributed by atoms with Gasteiger partial charge in [0.25, 0.3) is 0 Å². The van der Waals surface area contributed by atoms with Crippen LogP contribution in [0.15, 0.2) is 36.5 Å². The molecule has 2 heterocycles. The average Bonchev–Trinajstić information content (AvgIpc) is 2.71. The second-order valence-electron chi connectivity index (χ2n) is 3.74. The smallest absolute Gasteiger partial charge is 0.153 e. The van der Waals surface area contributed by atoms with Crippen molar-refractivity contribution in [2.45, 2.75) is 0 Å². The van der Waals surface area contributed by atoms with Gasteiger partial charge in [-0.05, 0) is 35.4 Å². The molecule has 3 rings (SSSR count). The number of pyridine rings is 1. The molecule has 17 heavy (non-hydrogen) atoms. The number of rotatable bonds is 1. The molecule has 0 aliphatic carbocycles. The van der Waals surface area contributed by atoms with E-state index in [-0.39, 0.29) is 0 Å². The number of benzene rings is 1. The minimum atomic E-state index is 0.475. The summed E-state index contributed by atoms with van der Waals surface area (Å²) in [6.07, 6.45) is 1.68. The highest BCUT2D eigenvalue weighted by Crippen LogP contribution is 2.26. The van der Waals surface area contributed by atoms with Crippen LogP contribution >= 0.6 is 11.6 Å². The molecule has 0 bridgehead atoms. The minimum absolute atomic E-state index is 0.475. The van der Waals surface area contributed by atoms with Gasteiger partial charge in [0.15, 0.2) is 5.82 Å². The third-order valence-corrected chi connectivity index (χ3v) is 2.86. The Labute approximate surface area is 102 Å². The predicted molar refractivity (Wildman–Crippen MR) is 68.7 cm³/mol. The Kier molecular flexibility index (Phi) is 2.23. The predicted octanol–water partition coefficient (Wildman–Crippen LogP) is 2.86. The normalized spacial score (nSPS) is 10.9. The molecule has 0 spiro atoms. The summed E-state index contributed by atoms with van der Waals surface area (Å²) in [5.41, 5.74) is 8.74. The molecule has 3 N–H and O–H groups in total. The standard InChI is InChI=1S/C12H9ClN4/c13-11-6-8(3-4-15-11)7-1-2-10-9(5-7)12(14)17-16-10/h1-6H,(H3,14,16,17). The Morgan fingerprint density at radius 3 is 2.76 bits per heavy atom. The van der Waals surface area contributed by atoms with Crippen molar-refractivity contribution in [2.75, 3.05) is 5.73 Å². The third-order valence-electron chi connectivity index (χ3n) is 2.65. The lowest BCUT2D eigenvalue weighted by Crippen LogP contribution is -1.84. The van der Waals surface area contributed by atoms with Crippen LogP contribution in [0.3, 0.4) is 0 Å². The fourth-order valence-corrected chi connectivity index (χ4v) is 1.97. The first-order chi connectivity index (χ1) is 8.24. The summed E-state index contributed by atoms with van der Waals surface area (Å²) in [5.74, 6) is 0.502. The van der Waals surface area contributed by atoms with Crippen LogP contribution in [0.4, 0.5) is 5.82 Å². The van der Waals surface area contributed by atoms with Crippen molar-refractivity contribution in [3.05, 3.63) is 41.7 Å². The van der Waals surface area contributed by atoms with Gasteiger partial charge in [0, 0.05) is 11.6 Å². The number of aromatic nitrogens is 3. The number of nitrogen functional groups attached to an aromatic ring is 1. The molecule has 4 nitrogen and oxygen atoms in total. The molecule has 0 aliphatic rings. The topological polar surface area (TPSA) is 67.6 Å². The highest BCUT2D eigenvalue weighted by atomic mass is 35.5. The van der Waals surface area contributed by atoms with E-state index in [0.29, 0.717) is 11.0 Å². The highest BCUT2D eigenvalue weighted by molar-refractivity contribution is 6.29. The number of aromatic amines is 1. The zero-order valence-corrected chi connectivity index (χ0v) is 9.57. The molecule has 0 saturated carbocycles. The fraction of sp³-hybridized carbons (Fsp3) is 0. The number of fused-ring (bicyclic) bond motifs is 1. The van der Waals surface area contributed by atoms with Gasteiger partial charge in [-0.1, -0.05) is 17.7 Å². The first kappa shape index (κ1) is 10.1. The van der Waals surface area contributed by atoms with Crippen LogP contribution in [0.5, 0.6) is 0 Å². The van der Waals surface area contributed by atoms with Crippen LogP contribution in [-0.2, 0) is 0 Å². The van der Waals surface area contributed by atoms with Crippen molar-refractivity contribution < 1.29 is 0 Å². The van der Waals surface area contributed by atoms with Crippen LogP contribution in [0.2, 0.25) is 5.15 Å². The first-order valence-corrected chi connectivity index (χ1v) is 5.47. The summed E-state index contributed by atoms with van der Waals surface area (Å²) in [6.45, 7) is 0. The summed E-state index contributed by atoms with van der Waals surface area (Å²) in [5, 5.41) is 8.21. The van der Waals surface area contributed by atoms with Crippen LogP contribution in [-0.4, -0.2) is 15.2 Å². The summed E-state index contributed by atoms with van der Waals surface area (Å²) in [7, 11) is 0. The minimum Gasteiger partial charge on any atom is -0.382 e. The zero-order chi connectivity index (χ0) is 11.8. The molecule has 0 radical (unpaired) electrons. The Morgan fingerprint density at radius 1 is 1.12 bits per heavy atom. The first-order valence-electron chi connectivity index (χ1n) is 5.09. The Bertz CT molecular complexity index is 690. The van der Waals surface area contributed by atoms with Gasteiger partial charge < -0.3 is 5.73 Å². The van der Waals surface area contributed by atoms with E-state index in [0.717, 1.165) is 22.0 Å². The second kappa shape index (κ2) is 3.75. The maximum atomic E-state index is 5.87. The van der Waals surface area contributed by atoms with E-state index in [1.165, 1.54) is 0 Å². The molecule has 0 aliphatic heterocycles. The molecule has 0 fully saturated rings. The Balaban J connectivity index is 2.20. The van der Waals surface area contributed by atoms with Gasteiger partial charge in [-0.15, -0.1) is 0 Å². The van der Waals surface area contributed by atoms with Crippen molar-refractivity contribution in [1.82, 2.24) is 15.2 Å². The van der Waals surface area contributed by atoms with Gasteiger partial charge in [0.05, 0.1) is 5.52 Å². The molecule has 0 amide bonds. The molecule has 2 aromatic heterocycles. The fourth-order valence-electron chi connectivity index (χ4n) is 1.80. The van der Waals surface area contributed by atoms with Gasteiger partial charge >= 0.3 is 0 Å². The van der Waals surface area contributed by atoms with Gasteiger partial charge in [-0.3, -0.25) is 5.10 Å². The number of nitrogens with one attached hydrogen (secondary N) is 1. The lowest BCUT2D eigenvalue weighted by molar-refractivity contribution is 1.13. The summed E-state index contributed by atoms with van der Waals surface area (Å²) < 4.78 is 0. The maximum Gasteiger partial charge on any atom is 0.153 e. The molecule has 5 heteroatoms. The van der Waals surface area contributed by atoms with Crippen molar-refractivity contribution in [1.29, 1.82) is 0 Å². The lowest BCUT2D eigenvalue weighted by atomic mass is 10.1.